The summed E-state index contributed by atoms with van der Waals surface area (Å²) in [6.07, 6.45) is 42.6. The van der Waals surface area contributed by atoms with E-state index in [4.69, 9.17) is 23.0 Å². The van der Waals surface area contributed by atoms with Crippen LogP contribution in [0.4, 0.5) is 0 Å². The summed E-state index contributed by atoms with van der Waals surface area (Å²) in [7, 11) is 2.36. The van der Waals surface area contributed by atoms with Crippen molar-refractivity contribution in [1.29, 1.82) is 0 Å². The van der Waals surface area contributed by atoms with E-state index in [-0.39, 0.29) is 32.4 Å². The van der Waals surface area contributed by atoms with Gasteiger partial charge in [-0.15, -0.1) is 0 Å². The van der Waals surface area contributed by atoms with Crippen molar-refractivity contribution in [3.05, 3.63) is 24.3 Å². The number of nitrogens with zero attached hydrogens (tertiary/aromatic N) is 1. The Morgan fingerprint density at radius 2 is 0.964 bits per heavy atom. The van der Waals surface area contributed by atoms with E-state index >= 15 is 0 Å². The molecule has 0 aliphatic carbocycles. The van der Waals surface area contributed by atoms with Crippen LogP contribution in [0, 0.1) is 0 Å². The minimum absolute atomic E-state index is 0.0330. The van der Waals surface area contributed by atoms with E-state index in [1.807, 2.05) is 21.1 Å². The van der Waals surface area contributed by atoms with Gasteiger partial charge in [-0.05, 0) is 71.1 Å². The normalized spacial score (nSPS) is 13.9. The van der Waals surface area contributed by atoms with Gasteiger partial charge in [0.15, 0.2) is 0 Å². The third kappa shape index (κ3) is 41.0. The molecule has 0 heterocycles. The molecular weight excluding hydrogens is 709 g/mol. The van der Waals surface area contributed by atoms with E-state index in [0.717, 1.165) is 38.5 Å². The predicted octanol–water partition coefficient (Wildman–Crippen LogP) is 13.9. The minimum atomic E-state index is -3.77. The first-order valence-electron chi connectivity index (χ1n) is 23.1. The van der Waals surface area contributed by atoms with Crippen LogP contribution in [-0.2, 0) is 32.4 Å². The number of hydrogen-bond acceptors (Lipinski definition) is 7. The standard InChI is InChI=1S/C46H91NO7P/c1-7-10-12-14-16-18-20-22-24-26-28-30-32-34-36-38-41-50-45(44-54-55(49,52-9-3)53-42-40-47(4,5)6)43-51-46(48)39-37-35-33-31-29-27-25-23-21-19-17-15-13-11-8-2/h22-25,45H,7-21,26-44H2,1-6H3/q+1. The van der Waals surface area contributed by atoms with Crippen molar-refractivity contribution in [3.8, 4) is 0 Å². The third-order valence-electron chi connectivity index (χ3n) is 9.80. The number of esters is 1. The van der Waals surface area contributed by atoms with E-state index in [2.05, 4.69) is 38.2 Å². The van der Waals surface area contributed by atoms with Gasteiger partial charge in [-0.3, -0.25) is 18.4 Å². The van der Waals surface area contributed by atoms with Crippen molar-refractivity contribution in [1.82, 2.24) is 0 Å². The van der Waals surface area contributed by atoms with E-state index in [0.29, 0.717) is 24.1 Å². The number of unbranched alkanes of at least 4 members (excludes halogenated alkanes) is 23. The topological polar surface area (TPSA) is 80.3 Å². The van der Waals surface area contributed by atoms with Gasteiger partial charge in [0.25, 0.3) is 0 Å². The van der Waals surface area contributed by atoms with Crippen LogP contribution in [0.3, 0.4) is 0 Å². The number of carbonyl (C=O) groups is 1. The van der Waals surface area contributed by atoms with E-state index < -0.39 is 13.9 Å². The summed E-state index contributed by atoms with van der Waals surface area (Å²) in [5.41, 5.74) is 0. The summed E-state index contributed by atoms with van der Waals surface area (Å²) >= 11 is 0. The summed E-state index contributed by atoms with van der Waals surface area (Å²) in [6, 6.07) is 0. The van der Waals surface area contributed by atoms with Crippen LogP contribution in [0.25, 0.3) is 0 Å². The lowest BCUT2D eigenvalue weighted by atomic mass is 10.1. The molecule has 2 atom stereocenters. The van der Waals surface area contributed by atoms with Crippen molar-refractivity contribution in [2.45, 2.75) is 207 Å². The average molecular weight is 801 g/mol. The molecule has 0 spiro atoms. The molecular formula is C46H91NO7P+. The van der Waals surface area contributed by atoms with Crippen LogP contribution in [0.5, 0.6) is 0 Å². The van der Waals surface area contributed by atoms with E-state index in [1.54, 1.807) is 6.92 Å². The lowest BCUT2D eigenvalue weighted by molar-refractivity contribution is -0.870. The first-order valence-corrected chi connectivity index (χ1v) is 24.5. The van der Waals surface area contributed by atoms with Gasteiger partial charge in [0.1, 0.15) is 25.9 Å². The van der Waals surface area contributed by atoms with Gasteiger partial charge in [0.2, 0.25) is 0 Å². The van der Waals surface area contributed by atoms with Crippen molar-refractivity contribution in [2.75, 3.05) is 60.7 Å². The Hall–Kier alpha value is -1.02. The van der Waals surface area contributed by atoms with Crippen molar-refractivity contribution in [2.24, 2.45) is 0 Å². The molecule has 2 unspecified atom stereocenters. The minimum Gasteiger partial charge on any atom is -0.463 e. The average Bonchev–Trinajstić information content (AvgIpc) is 3.14. The zero-order chi connectivity index (χ0) is 40.6. The van der Waals surface area contributed by atoms with Gasteiger partial charge in [0, 0.05) is 13.0 Å². The zero-order valence-corrected chi connectivity index (χ0v) is 38.1. The molecule has 9 heteroatoms. The number of rotatable bonds is 43. The maximum absolute atomic E-state index is 13.3. The first kappa shape index (κ1) is 54.0. The lowest BCUT2D eigenvalue weighted by Gasteiger charge is -2.25. The van der Waals surface area contributed by atoms with Gasteiger partial charge >= 0.3 is 13.8 Å². The molecule has 0 bridgehead atoms. The molecule has 0 rings (SSSR count). The smallest absolute Gasteiger partial charge is 0.463 e. The number of hydrogen-bond donors (Lipinski definition) is 0. The highest BCUT2D eigenvalue weighted by atomic mass is 31.2. The molecule has 0 aliphatic rings. The lowest BCUT2D eigenvalue weighted by Crippen LogP contribution is -2.37. The molecule has 0 N–H and O–H groups in total. The highest BCUT2D eigenvalue weighted by Gasteiger charge is 2.29. The third-order valence-corrected chi connectivity index (χ3v) is 11.3. The fraction of sp³-hybridized carbons (Fsp3) is 0.891. The Balaban J connectivity index is 4.43. The summed E-state index contributed by atoms with van der Waals surface area (Å²) < 4.78 is 42.5. The number of carbonyl (C=O) groups excluding carboxylic acids is 1. The Labute approximate surface area is 341 Å². The highest BCUT2D eigenvalue weighted by molar-refractivity contribution is 7.48. The summed E-state index contributed by atoms with van der Waals surface area (Å²) in [6.45, 7) is 7.95. The van der Waals surface area contributed by atoms with Crippen molar-refractivity contribution in [3.63, 3.8) is 0 Å². The molecule has 326 valence electrons. The maximum Gasteiger partial charge on any atom is 0.475 e. The molecule has 0 aromatic heterocycles. The second-order valence-electron chi connectivity index (χ2n) is 16.5. The van der Waals surface area contributed by atoms with E-state index in [9.17, 15) is 9.36 Å². The summed E-state index contributed by atoms with van der Waals surface area (Å²) in [5, 5.41) is 0. The van der Waals surface area contributed by atoms with Crippen LogP contribution >= 0.6 is 7.82 Å². The monoisotopic (exact) mass is 801 g/mol. The molecule has 0 amide bonds. The Morgan fingerprint density at radius 3 is 1.42 bits per heavy atom. The largest absolute Gasteiger partial charge is 0.475 e. The molecule has 0 aromatic carbocycles. The van der Waals surface area contributed by atoms with Gasteiger partial charge in [-0.2, -0.15) is 0 Å². The summed E-state index contributed by atoms with van der Waals surface area (Å²) in [4.78, 5) is 12.6. The Bertz CT molecular complexity index is 936. The van der Waals surface area contributed by atoms with Crippen LogP contribution in [0.2, 0.25) is 0 Å². The highest BCUT2D eigenvalue weighted by Crippen LogP contribution is 2.49. The van der Waals surface area contributed by atoms with Gasteiger partial charge in [0.05, 0.1) is 34.4 Å². The fourth-order valence-electron chi connectivity index (χ4n) is 6.21. The fourth-order valence-corrected chi connectivity index (χ4v) is 7.41. The number of phosphoric ester groups is 1. The Morgan fingerprint density at radius 1 is 0.527 bits per heavy atom. The summed E-state index contributed by atoms with van der Waals surface area (Å²) in [5.74, 6) is -0.226. The van der Waals surface area contributed by atoms with Crippen LogP contribution < -0.4 is 0 Å². The van der Waals surface area contributed by atoms with Crippen molar-refractivity contribution >= 4 is 13.8 Å². The SMILES string of the molecule is CCCCCCCCC=CCCCCCCCCOC(COC(=O)CCCCCCCC=CCCCCCCCC)COP(=O)(OCC)OCC[N+](C)(C)C. The molecule has 0 saturated heterocycles. The number of likely N-dealkylation sites (N-methyl/N-ethyl adjacent to an activating group) is 1. The molecule has 55 heavy (non-hydrogen) atoms. The second-order valence-corrected chi connectivity index (χ2v) is 18.1. The maximum atomic E-state index is 13.3. The van der Waals surface area contributed by atoms with Crippen LogP contribution in [0.1, 0.15) is 201 Å². The number of ether oxygens (including phenoxy) is 2. The Kier molecular flexibility index (Phi) is 39.1. The van der Waals surface area contributed by atoms with Gasteiger partial charge in [-0.25, -0.2) is 4.57 Å². The molecule has 0 radical (unpaired) electrons. The van der Waals surface area contributed by atoms with Crippen LogP contribution in [0.15, 0.2) is 24.3 Å². The molecule has 0 saturated carbocycles. The van der Waals surface area contributed by atoms with E-state index in [1.165, 1.54) is 135 Å². The quantitative estimate of drug-likeness (QED) is 0.0200. The van der Waals surface area contributed by atoms with Gasteiger partial charge < -0.3 is 14.0 Å². The number of allylic oxidation sites excluding steroid dienone is 4. The van der Waals surface area contributed by atoms with Gasteiger partial charge in [-0.1, -0.05) is 147 Å². The predicted molar refractivity (Wildman–Crippen MR) is 234 cm³/mol. The van der Waals surface area contributed by atoms with Crippen molar-refractivity contribution < 1.29 is 36.9 Å². The molecule has 8 nitrogen and oxygen atoms in total. The first-order chi connectivity index (χ1) is 26.7. The zero-order valence-electron chi connectivity index (χ0n) is 37.2. The second kappa shape index (κ2) is 39.8. The van der Waals surface area contributed by atoms with Crippen LogP contribution in [-0.4, -0.2) is 77.3 Å². The molecule has 0 fully saturated rings. The number of quaternary nitrogens is 1. The molecule has 0 aliphatic heterocycles. The molecule has 0 aromatic rings. The number of phosphoric acid groups is 1.